The van der Waals surface area contributed by atoms with Gasteiger partial charge in [0.2, 0.25) is 11.8 Å². The molecule has 18 heavy (non-hydrogen) atoms. The van der Waals surface area contributed by atoms with Gasteiger partial charge in [-0.1, -0.05) is 0 Å². The van der Waals surface area contributed by atoms with Crippen LogP contribution in [0.5, 0.6) is 0 Å². The molecule has 0 aromatic heterocycles. The van der Waals surface area contributed by atoms with E-state index in [1.54, 1.807) is 18.9 Å². The Morgan fingerprint density at radius 3 is 2.72 bits per heavy atom. The maximum atomic E-state index is 12.1. The molecule has 1 rings (SSSR count). The van der Waals surface area contributed by atoms with Crippen LogP contribution in [0.1, 0.15) is 33.6 Å². The summed E-state index contributed by atoms with van der Waals surface area (Å²) in [5.74, 6) is -0.0803. The van der Waals surface area contributed by atoms with Crippen molar-refractivity contribution >= 4 is 11.8 Å². The van der Waals surface area contributed by atoms with Gasteiger partial charge in [0.05, 0.1) is 5.92 Å². The molecule has 5 heteroatoms. The minimum atomic E-state index is -0.448. The van der Waals surface area contributed by atoms with Gasteiger partial charge in [-0.25, -0.2) is 0 Å². The molecule has 0 saturated carbocycles. The van der Waals surface area contributed by atoms with E-state index in [4.69, 9.17) is 0 Å². The maximum Gasteiger partial charge on any atom is 0.244 e. The van der Waals surface area contributed by atoms with Gasteiger partial charge in [0.1, 0.15) is 6.04 Å². The molecule has 1 aliphatic heterocycles. The highest BCUT2D eigenvalue weighted by atomic mass is 16.2. The summed E-state index contributed by atoms with van der Waals surface area (Å²) in [5.41, 5.74) is 0. The van der Waals surface area contributed by atoms with Crippen LogP contribution in [0.3, 0.4) is 0 Å². The number of carbonyl (C=O) groups excluding carboxylic acids is 2. The van der Waals surface area contributed by atoms with Crippen LogP contribution in [-0.2, 0) is 9.59 Å². The Kier molecular flexibility index (Phi) is 5.59. The van der Waals surface area contributed by atoms with Crippen molar-refractivity contribution in [2.24, 2.45) is 5.92 Å². The van der Waals surface area contributed by atoms with E-state index in [1.807, 2.05) is 13.8 Å². The van der Waals surface area contributed by atoms with Crippen molar-refractivity contribution in [3.05, 3.63) is 0 Å². The number of hydrogen-bond acceptors (Lipinski definition) is 3. The number of amides is 2. The summed E-state index contributed by atoms with van der Waals surface area (Å²) in [7, 11) is 1.75. The molecular weight excluding hydrogens is 230 g/mol. The summed E-state index contributed by atoms with van der Waals surface area (Å²) in [5, 5.41) is 6.12. The van der Waals surface area contributed by atoms with E-state index in [0.29, 0.717) is 6.54 Å². The van der Waals surface area contributed by atoms with Crippen LogP contribution >= 0.6 is 0 Å². The van der Waals surface area contributed by atoms with Gasteiger partial charge in [-0.3, -0.25) is 9.59 Å². The molecule has 5 nitrogen and oxygen atoms in total. The zero-order valence-corrected chi connectivity index (χ0v) is 11.8. The van der Waals surface area contributed by atoms with E-state index in [9.17, 15) is 9.59 Å². The van der Waals surface area contributed by atoms with Gasteiger partial charge < -0.3 is 15.5 Å². The van der Waals surface area contributed by atoms with E-state index >= 15 is 0 Å². The number of rotatable bonds is 4. The Morgan fingerprint density at radius 2 is 2.17 bits per heavy atom. The fourth-order valence-corrected chi connectivity index (χ4v) is 2.27. The Labute approximate surface area is 109 Å². The number of carbonyl (C=O) groups is 2. The van der Waals surface area contributed by atoms with Crippen molar-refractivity contribution in [2.45, 2.75) is 45.7 Å². The summed E-state index contributed by atoms with van der Waals surface area (Å²) in [6.45, 7) is 7.30. The maximum absolute atomic E-state index is 12.1. The first-order valence-corrected chi connectivity index (χ1v) is 6.76. The van der Waals surface area contributed by atoms with Crippen molar-refractivity contribution < 1.29 is 9.59 Å². The summed E-state index contributed by atoms with van der Waals surface area (Å²) in [4.78, 5) is 25.6. The van der Waals surface area contributed by atoms with Gasteiger partial charge in [-0.05, 0) is 40.2 Å². The smallest absolute Gasteiger partial charge is 0.244 e. The molecule has 1 saturated heterocycles. The molecule has 2 N–H and O–H groups in total. The monoisotopic (exact) mass is 255 g/mol. The average molecular weight is 255 g/mol. The van der Waals surface area contributed by atoms with Crippen LogP contribution in [0.25, 0.3) is 0 Å². The van der Waals surface area contributed by atoms with Crippen LogP contribution in [0.4, 0.5) is 0 Å². The van der Waals surface area contributed by atoms with Crippen LogP contribution in [0.15, 0.2) is 0 Å². The second kappa shape index (κ2) is 6.73. The molecule has 0 spiro atoms. The predicted molar refractivity (Wildman–Crippen MR) is 71.1 cm³/mol. The lowest BCUT2D eigenvalue weighted by Crippen LogP contribution is -2.52. The fourth-order valence-electron chi connectivity index (χ4n) is 2.27. The number of nitrogens with one attached hydrogen (secondary N) is 2. The van der Waals surface area contributed by atoms with Crippen molar-refractivity contribution in [1.82, 2.24) is 15.5 Å². The molecule has 0 bridgehead atoms. The second-order valence-electron chi connectivity index (χ2n) is 5.07. The van der Waals surface area contributed by atoms with E-state index in [2.05, 4.69) is 10.6 Å². The van der Waals surface area contributed by atoms with Crippen LogP contribution in [-0.4, -0.2) is 48.9 Å². The normalized spacial score (nSPS) is 25.3. The molecule has 0 radical (unpaired) electrons. The number of hydrogen-bond donors (Lipinski definition) is 2. The Bertz CT molecular complexity index is 307. The molecule has 1 aliphatic rings. The minimum absolute atomic E-state index is 0.0138. The van der Waals surface area contributed by atoms with Gasteiger partial charge in [0.25, 0.3) is 0 Å². The van der Waals surface area contributed by atoms with Gasteiger partial charge in [0, 0.05) is 19.6 Å². The first-order valence-electron chi connectivity index (χ1n) is 6.76. The lowest BCUT2D eigenvalue weighted by Gasteiger charge is -2.30. The van der Waals surface area contributed by atoms with Crippen LogP contribution < -0.4 is 10.6 Å². The van der Waals surface area contributed by atoms with Crippen LogP contribution in [0.2, 0.25) is 0 Å². The largest absolute Gasteiger partial charge is 0.344 e. The molecule has 0 aromatic carbocycles. The Balaban J connectivity index is 2.50. The third-order valence-corrected chi connectivity index (χ3v) is 3.68. The first-order chi connectivity index (χ1) is 8.47. The summed E-state index contributed by atoms with van der Waals surface area (Å²) in [6, 6.07) is -0.262. The van der Waals surface area contributed by atoms with Crippen molar-refractivity contribution in [2.75, 3.05) is 20.1 Å². The van der Waals surface area contributed by atoms with Gasteiger partial charge in [0.15, 0.2) is 0 Å². The Morgan fingerprint density at radius 1 is 1.50 bits per heavy atom. The highest BCUT2D eigenvalue weighted by Crippen LogP contribution is 2.16. The molecule has 0 aromatic rings. The van der Waals surface area contributed by atoms with Crippen molar-refractivity contribution in [3.63, 3.8) is 0 Å². The number of piperidine rings is 1. The van der Waals surface area contributed by atoms with E-state index < -0.39 is 6.04 Å². The zero-order valence-electron chi connectivity index (χ0n) is 11.8. The van der Waals surface area contributed by atoms with Gasteiger partial charge in [-0.2, -0.15) is 0 Å². The lowest BCUT2D eigenvalue weighted by molar-refractivity contribution is -0.136. The van der Waals surface area contributed by atoms with Gasteiger partial charge >= 0.3 is 0 Å². The number of nitrogens with zero attached hydrogens (tertiary/aromatic N) is 1. The summed E-state index contributed by atoms with van der Waals surface area (Å²) < 4.78 is 0. The van der Waals surface area contributed by atoms with Crippen LogP contribution in [0, 0.1) is 5.92 Å². The molecule has 1 fully saturated rings. The standard InChI is InChI=1S/C13H25N3O2/c1-5-16(4)13(18)10(3)15-12(17)11-7-6-8-14-9(11)2/h9-11,14H,5-8H2,1-4H3,(H,15,17). The summed E-state index contributed by atoms with van der Waals surface area (Å²) >= 11 is 0. The lowest BCUT2D eigenvalue weighted by atomic mass is 9.91. The average Bonchev–Trinajstić information content (AvgIpc) is 2.37. The molecule has 2 amide bonds. The molecule has 1 heterocycles. The Hall–Kier alpha value is -1.10. The third kappa shape index (κ3) is 3.70. The molecule has 3 atom stereocenters. The number of likely N-dealkylation sites (N-methyl/N-ethyl adjacent to an activating group) is 1. The first kappa shape index (κ1) is 15.0. The highest BCUT2D eigenvalue weighted by molar-refractivity contribution is 5.88. The quantitative estimate of drug-likeness (QED) is 0.762. The van der Waals surface area contributed by atoms with Crippen molar-refractivity contribution in [1.29, 1.82) is 0 Å². The molecule has 104 valence electrons. The molecule has 3 unspecified atom stereocenters. The van der Waals surface area contributed by atoms with Crippen molar-refractivity contribution in [3.8, 4) is 0 Å². The fraction of sp³-hybridized carbons (Fsp3) is 0.846. The second-order valence-corrected chi connectivity index (χ2v) is 5.07. The van der Waals surface area contributed by atoms with Gasteiger partial charge in [-0.15, -0.1) is 0 Å². The predicted octanol–water partition coefficient (Wildman–Crippen LogP) is 0.358. The topological polar surface area (TPSA) is 61.4 Å². The molecule has 0 aliphatic carbocycles. The SMILES string of the molecule is CCN(C)C(=O)C(C)NC(=O)C1CCCNC1C. The summed E-state index contributed by atoms with van der Waals surface area (Å²) in [6.07, 6.45) is 1.91. The third-order valence-electron chi connectivity index (χ3n) is 3.68. The van der Waals surface area contributed by atoms with E-state index in [-0.39, 0.29) is 23.8 Å². The highest BCUT2D eigenvalue weighted by Gasteiger charge is 2.29. The minimum Gasteiger partial charge on any atom is -0.344 e. The zero-order chi connectivity index (χ0) is 13.7. The van der Waals surface area contributed by atoms with E-state index in [1.165, 1.54) is 0 Å². The van der Waals surface area contributed by atoms with E-state index in [0.717, 1.165) is 19.4 Å². The molecular formula is C13H25N3O2.